The lowest BCUT2D eigenvalue weighted by Gasteiger charge is -2.21. The Morgan fingerprint density at radius 1 is 1.50 bits per heavy atom. The van der Waals surface area contributed by atoms with Crippen molar-refractivity contribution in [2.45, 2.75) is 27.2 Å². The van der Waals surface area contributed by atoms with E-state index in [2.05, 4.69) is 44.8 Å². The predicted octanol–water partition coefficient (Wildman–Crippen LogP) is 3.54. The molecular formula is C13H19N. The number of dihydropyridines is 1. The van der Waals surface area contributed by atoms with Crippen LogP contribution in [0.15, 0.2) is 47.9 Å². The maximum Gasteiger partial charge on any atom is 0.0152 e. The van der Waals surface area contributed by atoms with E-state index in [4.69, 9.17) is 0 Å². The zero-order chi connectivity index (χ0) is 10.6. The van der Waals surface area contributed by atoms with E-state index >= 15 is 0 Å². The van der Waals surface area contributed by atoms with Gasteiger partial charge in [0, 0.05) is 11.4 Å². The molecular weight excluding hydrogens is 170 g/mol. The van der Waals surface area contributed by atoms with Crippen molar-refractivity contribution in [1.82, 2.24) is 5.32 Å². The van der Waals surface area contributed by atoms with Gasteiger partial charge in [0.25, 0.3) is 0 Å². The Morgan fingerprint density at radius 2 is 2.21 bits per heavy atom. The van der Waals surface area contributed by atoms with Crippen molar-refractivity contribution >= 4 is 0 Å². The van der Waals surface area contributed by atoms with Crippen molar-refractivity contribution in [1.29, 1.82) is 0 Å². The molecule has 14 heavy (non-hydrogen) atoms. The van der Waals surface area contributed by atoms with Gasteiger partial charge in [-0.05, 0) is 24.8 Å². The van der Waals surface area contributed by atoms with Crippen LogP contribution < -0.4 is 5.32 Å². The van der Waals surface area contributed by atoms with E-state index in [1.807, 2.05) is 12.2 Å². The molecule has 0 radical (unpaired) electrons. The van der Waals surface area contributed by atoms with Crippen LogP contribution in [0.1, 0.15) is 27.2 Å². The summed E-state index contributed by atoms with van der Waals surface area (Å²) >= 11 is 0. The molecule has 1 N–H and O–H groups in total. The summed E-state index contributed by atoms with van der Waals surface area (Å²) in [5.74, 6) is 0.579. The lowest BCUT2D eigenvalue weighted by atomic mass is 10.0. The minimum Gasteiger partial charge on any atom is -0.362 e. The Hall–Kier alpha value is -1.24. The van der Waals surface area contributed by atoms with Gasteiger partial charge in [0.05, 0.1) is 0 Å². The zero-order valence-corrected chi connectivity index (χ0v) is 9.30. The normalized spacial score (nSPS) is 17.3. The van der Waals surface area contributed by atoms with Crippen molar-refractivity contribution in [3.63, 3.8) is 0 Å². The summed E-state index contributed by atoms with van der Waals surface area (Å²) in [7, 11) is 0. The lowest BCUT2D eigenvalue weighted by molar-refractivity contribution is 0.680. The molecule has 0 amide bonds. The summed E-state index contributed by atoms with van der Waals surface area (Å²) < 4.78 is 0. The third kappa shape index (κ3) is 2.63. The summed E-state index contributed by atoms with van der Waals surface area (Å²) in [5, 5.41) is 3.43. The highest BCUT2D eigenvalue weighted by molar-refractivity contribution is 5.34. The molecule has 0 aromatic rings. The first-order valence-corrected chi connectivity index (χ1v) is 5.11. The zero-order valence-electron chi connectivity index (χ0n) is 9.30. The fourth-order valence-electron chi connectivity index (χ4n) is 1.48. The van der Waals surface area contributed by atoms with E-state index in [-0.39, 0.29) is 0 Å². The van der Waals surface area contributed by atoms with Crippen LogP contribution in [0.2, 0.25) is 0 Å². The van der Waals surface area contributed by atoms with Gasteiger partial charge in [-0.25, -0.2) is 0 Å². The number of allylic oxidation sites excluding steroid dienone is 7. The summed E-state index contributed by atoms with van der Waals surface area (Å²) in [5.41, 5.74) is 3.93. The molecule has 0 aliphatic carbocycles. The molecule has 0 aromatic carbocycles. The van der Waals surface area contributed by atoms with Gasteiger partial charge in [-0.2, -0.15) is 0 Å². The van der Waals surface area contributed by atoms with Gasteiger partial charge in [-0.3, -0.25) is 0 Å². The van der Waals surface area contributed by atoms with Gasteiger partial charge >= 0.3 is 0 Å². The molecule has 1 nitrogen and oxygen atoms in total. The highest BCUT2D eigenvalue weighted by Crippen LogP contribution is 2.20. The Bertz CT molecular complexity index is 303. The van der Waals surface area contributed by atoms with Gasteiger partial charge < -0.3 is 5.32 Å². The van der Waals surface area contributed by atoms with Crippen LogP contribution >= 0.6 is 0 Å². The molecule has 0 aromatic heterocycles. The molecule has 0 saturated carbocycles. The van der Waals surface area contributed by atoms with Crippen molar-refractivity contribution in [3.8, 4) is 0 Å². The van der Waals surface area contributed by atoms with Crippen LogP contribution in [0.5, 0.6) is 0 Å². The molecule has 0 fully saturated rings. The topological polar surface area (TPSA) is 12.0 Å². The lowest BCUT2D eigenvalue weighted by Crippen LogP contribution is -2.19. The summed E-state index contributed by atoms with van der Waals surface area (Å²) in [6, 6.07) is 0. The van der Waals surface area contributed by atoms with Gasteiger partial charge in [0.1, 0.15) is 0 Å². The van der Waals surface area contributed by atoms with Crippen molar-refractivity contribution < 1.29 is 0 Å². The van der Waals surface area contributed by atoms with Crippen LogP contribution in [0.25, 0.3) is 0 Å². The largest absolute Gasteiger partial charge is 0.362 e. The van der Waals surface area contributed by atoms with Crippen LogP contribution in [-0.4, -0.2) is 0 Å². The maximum atomic E-state index is 3.67. The number of nitrogens with one attached hydrogen (secondary N) is 1. The van der Waals surface area contributed by atoms with Crippen LogP contribution in [0, 0.1) is 5.92 Å². The molecule has 1 aliphatic heterocycles. The first kappa shape index (κ1) is 10.8. The second kappa shape index (κ2) is 4.85. The predicted molar refractivity (Wildman–Crippen MR) is 62.7 cm³/mol. The molecule has 1 rings (SSSR count). The molecule has 0 unspecified atom stereocenters. The third-order valence-electron chi connectivity index (χ3n) is 2.41. The fraction of sp³-hybridized carbons (Fsp3) is 0.385. The van der Waals surface area contributed by atoms with Crippen LogP contribution in [0.3, 0.4) is 0 Å². The van der Waals surface area contributed by atoms with Gasteiger partial charge in [0.2, 0.25) is 0 Å². The van der Waals surface area contributed by atoms with Crippen molar-refractivity contribution in [2.75, 3.05) is 0 Å². The van der Waals surface area contributed by atoms with Gasteiger partial charge in [-0.1, -0.05) is 44.7 Å². The first-order valence-electron chi connectivity index (χ1n) is 5.11. The fourth-order valence-corrected chi connectivity index (χ4v) is 1.48. The highest BCUT2D eigenvalue weighted by atomic mass is 14.9. The van der Waals surface area contributed by atoms with Gasteiger partial charge in [-0.15, -0.1) is 0 Å². The summed E-state index contributed by atoms with van der Waals surface area (Å²) in [4.78, 5) is 0. The van der Waals surface area contributed by atoms with Crippen molar-refractivity contribution in [2.24, 2.45) is 5.92 Å². The third-order valence-corrected chi connectivity index (χ3v) is 2.41. The molecule has 76 valence electrons. The van der Waals surface area contributed by atoms with Crippen LogP contribution in [0.4, 0.5) is 0 Å². The average molecular weight is 189 g/mol. The second-order valence-corrected chi connectivity index (χ2v) is 3.89. The van der Waals surface area contributed by atoms with E-state index in [1.165, 1.54) is 17.0 Å². The Kier molecular flexibility index (Phi) is 3.75. The molecule has 1 heterocycles. The molecule has 1 aliphatic rings. The average Bonchev–Trinajstić information content (AvgIpc) is 2.15. The second-order valence-electron chi connectivity index (χ2n) is 3.89. The molecule has 1 heteroatoms. The number of hydrogen-bond donors (Lipinski definition) is 1. The standard InChI is InChI=1S/C13H19N/c1-5-6-7-12-8-9-13(10(2)3)14-11(12)4/h5-7,9-10,14H,1,8H2,2-4H3/b7-6-. The maximum absolute atomic E-state index is 3.67. The quantitative estimate of drug-likeness (QED) is 0.670. The van der Waals surface area contributed by atoms with Gasteiger partial charge in [0.15, 0.2) is 0 Å². The smallest absolute Gasteiger partial charge is 0.0152 e. The monoisotopic (exact) mass is 189 g/mol. The summed E-state index contributed by atoms with van der Waals surface area (Å²) in [6.07, 6.45) is 9.19. The van der Waals surface area contributed by atoms with E-state index in [0.717, 1.165) is 6.42 Å². The Morgan fingerprint density at radius 3 is 2.71 bits per heavy atom. The SMILES string of the molecule is C=C/C=C\C1=C(C)NC(C(C)C)=CC1. The highest BCUT2D eigenvalue weighted by Gasteiger charge is 2.10. The van der Waals surface area contributed by atoms with E-state index in [9.17, 15) is 0 Å². The summed E-state index contributed by atoms with van der Waals surface area (Å²) in [6.45, 7) is 10.2. The molecule has 0 spiro atoms. The molecule has 0 bridgehead atoms. The number of hydrogen-bond acceptors (Lipinski definition) is 1. The minimum absolute atomic E-state index is 0.579. The Labute approximate surface area is 86.9 Å². The minimum atomic E-state index is 0.579. The van der Waals surface area contributed by atoms with E-state index < -0.39 is 0 Å². The van der Waals surface area contributed by atoms with E-state index in [1.54, 1.807) is 0 Å². The van der Waals surface area contributed by atoms with Crippen molar-refractivity contribution in [3.05, 3.63) is 47.9 Å². The number of rotatable bonds is 3. The molecule has 0 saturated heterocycles. The Balaban J connectivity index is 2.72. The van der Waals surface area contributed by atoms with Crippen LogP contribution in [-0.2, 0) is 0 Å². The van der Waals surface area contributed by atoms with E-state index in [0.29, 0.717) is 5.92 Å². The first-order chi connectivity index (χ1) is 6.65. The molecule has 0 atom stereocenters.